The number of pyridine rings is 1. The molecule has 5 heteroatoms. The number of fused-ring (bicyclic) bond motifs is 3. The molecule has 3 heterocycles. The summed E-state index contributed by atoms with van der Waals surface area (Å²) in [5.74, 6) is 0.591. The molecule has 128 valence electrons. The number of nitrogens with zero attached hydrogens (tertiary/aromatic N) is 3. The average molecular weight is 345 g/mol. The molecule has 2 unspecified atom stereocenters. The van der Waals surface area contributed by atoms with Crippen LogP contribution in [0, 0.1) is 5.82 Å². The van der Waals surface area contributed by atoms with Gasteiger partial charge in [0.05, 0.1) is 11.8 Å². The van der Waals surface area contributed by atoms with Crippen LogP contribution in [-0.2, 0) is 0 Å². The Balaban J connectivity index is 1.60. The lowest BCUT2D eigenvalue weighted by Gasteiger charge is -2.38. The van der Waals surface area contributed by atoms with E-state index in [-0.39, 0.29) is 18.1 Å². The molecule has 0 saturated carbocycles. The number of para-hydroxylation sites is 1. The van der Waals surface area contributed by atoms with Gasteiger partial charge in [0.1, 0.15) is 11.6 Å². The Labute approximate surface area is 150 Å². The van der Waals surface area contributed by atoms with E-state index in [0.29, 0.717) is 0 Å². The molecule has 2 aliphatic heterocycles. The minimum atomic E-state index is -0.385. The minimum Gasteiger partial charge on any atom is -0.464 e. The molecule has 0 amide bonds. The summed E-state index contributed by atoms with van der Waals surface area (Å²) < 4.78 is 19.6. The maximum Gasteiger partial charge on any atom is 0.213 e. The lowest BCUT2D eigenvalue weighted by molar-refractivity contribution is -0.0190. The van der Waals surface area contributed by atoms with E-state index in [4.69, 9.17) is 9.84 Å². The summed E-state index contributed by atoms with van der Waals surface area (Å²) in [7, 11) is 0. The van der Waals surface area contributed by atoms with Gasteiger partial charge in [-0.05, 0) is 24.3 Å². The van der Waals surface area contributed by atoms with Gasteiger partial charge in [-0.15, -0.1) is 0 Å². The number of hydrazone groups is 1. The Bertz CT molecular complexity index is 972. The molecule has 0 spiro atoms. The molecule has 5 rings (SSSR count). The Morgan fingerprint density at radius 3 is 2.65 bits per heavy atom. The summed E-state index contributed by atoms with van der Waals surface area (Å²) in [6.45, 7) is 0. The SMILES string of the molecule is Fc1ccc(C2Oc3ccccc3C3CC(c4cccnc4)=NN32)cc1. The predicted molar refractivity (Wildman–Crippen MR) is 96.2 cm³/mol. The van der Waals surface area contributed by atoms with Crippen LogP contribution in [0.15, 0.2) is 78.2 Å². The third-order valence-corrected chi connectivity index (χ3v) is 4.85. The van der Waals surface area contributed by atoms with Crippen molar-refractivity contribution >= 4 is 5.71 Å². The lowest BCUT2D eigenvalue weighted by Crippen LogP contribution is -2.33. The van der Waals surface area contributed by atoms with Crippen LogP contribution in [0.3, 0.4) is 0 Å². The summed E-state index contributed by atoms with van der Waals surface area (Å²) >= 11 is 0. The lowest BCUT2D eigenvalue weighted by atomic mass is 9.96. The van der Waals surface area contributed by atoms with E-state index in [1.54, 1.807) is 18.3 Å². The quantitative estimate of drug-likeness (QED) is 0.688. The third-order valence-electron chi connectivity index (χ3n) is 4.85. The van der Waals surface area contributed by atoms with E-state index in [2.05, 4.69) is 11.1 Å². The van der Waals surface area contributed by atoms with Crippen molar-refractivity contribution in [2.75, 3.05) is 0 Å². The zero-order valence-corrected chi connectivity index (χ0v) is 13.9. The largest absolute Gasteiger partial charge is 0.464 e. The van der Waals surface area contributed by atoms with Crippen molar-refractivity contribution in [3.05, 3.63) is 95.6 Å². The molecule has 3 aromatic rings. The smallest absolute Gasteiger partial charge is 0.213 e. The average Bonchev–Trinajstić information content (AvgIpc) is 3.14. The first-order valence-electron chi connectivity index (χ1n) is 8.57. The fourth-order valence-electron chi connectivity index (χ4n) is 3.59. The predicted octanol–water partition coefficient (Wildman–Crippen LogP) is 4.46. The van der Waals surface area contributed by atoms with Gasteiger partial charge in [-0.2, -0.15) is 5.10 Å². The van der Waals surface area contributed by atoms with Crippen molar-refractivity contribution in [2.24, 2.45) is 5.10 Å². The van der Waals surface area contributed by atoms with E-state index in [9.17, 15) is 4.39 Å². The van der Waals surface area contributed by atoms with E-state index in [1.165, 1.54) is 12.1 Å². The highest BCUT2D eigenvalue weighted by Crippen LogP contribution is 2.47. The van der Waals surface area contributed by atoms with Crippen LogP contribution < -0.4 is 4.74 Å². The minimum absolute atomic E-state index is 0.0882. The van der Waals surface area contributed by atoms with Crippen LogP contribution in [-0.4, -0.2) is 15.7 Å². The molecule has 0 fully saturated rings. The number of aromatic nitrogens is 1. The standard InChI is InChI=1S/C21H16FN3O/c22-16-9-7-14(8-10-16)21-25-19(17-5-1-2-6-20(17)26-21)12-18(24-25)15-4-3-11-23-13-15/h1-11,13,19,21H,12H2. The maximum absolute atomic E-state index is 13.4. The van der Waals surface area contributed by atoms with Crippen molar-refractivity contribution in [2.45, 2.75) is 18.7 Å². The summed E-state index contributed by atoms with van der Waals surface area (Å²) in [6, 6.07) is 18.5. The summed E-state index contributed by atoms with van der Waals surface area (Å²) in [5, 5.41) is 6.83. The molecule has 0 bridgehead atoms. The molecule has 0 saturated heterocycles. The van der Waals surface area contributed by atoms with Crippen LogP contribution in [0.25, 0.3) is 0 Å². The first-order chi connectivity index (χ1) is 12.8. The van der Waals surface area contributed by atoms with E-state index in [1.807, 2.05) is 41.5 Å². The zero-order valence-electron chi connectivity index (χ0n) is 13.9. The number of ether oxygens (including phenoxy) is 1. The van der Waals surface area contributed by atoms with Crippen LogP contribution in [0.5, 0.6) is 5.75 Å². The second-order valence-electron chi connectivity index (χ2n) is 6.45. The first kappa shape index (κ1) is 15.1. The zero-order chi connectivity index (χ0) is 17.5. The fraction of sp³-hybridized carbons (Fsp3) is 0.143. The van der Waals surface area contributed by atoms with Gasteiger partial charge in [0.15, 0.2) is 0 Å². The molecule has 1 aromatic heterocycles. The number of rotatable bonds is 2. The van der Waals surface area contributed by atoms with Crippen LogP contribution in [0.4, 0.5) is 4.39 Å². The number of halogens is 1. The van der Waals surface area contributed by atoms with Crippen LogP contribution in [0.2, 0.25) is 0 Å². The third kappa shape index (κ3) is 2.44. The fourth-order valence-corrected chi connectivity index (χ4v) is 3.59. The summed E-state index contributed by atoms with van der Waals surface area (Å²) in [5.41, 5.74) is 3.99. The van der Waals surface area contributed by atoms with Gasteiger partial charge < -0.3 is 4.74 Å². The number of benzene rings is 2. The van der Waals surface area contributed by atoms with Crippen molar-refractivity contribution in [3.63, 3.8) is 0 Å². The Hall–Kier alpha value is -3.21. The van der Waals surface area contributed by atoms with Gasteiger partial charge >= 0.3 is 0 Å². The molecule has 0 aliphatic carbocycles. The highest BCUT2D eigenvalue weighted by atomic mass is 19.1. The van der Waals surface area contributed by atoms with Gasteiger partial charge in [-0.1, -0.05) is 36.4 Å². The molecule has 0 radical (unpaired) electrons. The van der Waals surface area contributed by atoms with Crippen molar-refractivity contribution < 1.29 is 9.13 Å². The van der Waals surface area contributed by atoms with E-state index >= 15 is 0 Å². The van der Waals surface area contributed by atoms with E-state index < -0.39 is 0 Å². The molecular weight excluding hydrogens is 329 g/mol. The van der Waals surface area contributed by atoms with Gasteiger partial charge in [0, 0.05) is 35.5 Å². The molecule has 26 heavy (non-hydrogen) atoms. The van der Waals surface area contributed by atoms with Crippen LogP contribution >= 0.6 is 0 Å². The van der Waals surface area contributed by atoms with Crippen molar-refractivity contribution in [1.29, 1.82) is 0 Å². The molecule has 2 atom stereocenters. The normalized spacial score (nSPS) is 20.8. The molecule has 2 aliphatic rings. The van der Waals surface area contributed by atoms with Crippen molar-refractivity contribution in [3.8, 4) is 5.75 Å². The monoisotopic (exact) mass is 345 g/mol. The molecule has 0 N–H and O–H groups in total. The molecule has 2 aromatic carbocycles. The molecule has 4 nitrogen and oxygen atoms in total. The highest BCUT2D eigenvalue weighted by molar-refractivity contribution is 6.01. The van der Waals surface area contributed by atoms with Gasteiger partial charge in [-0.25, -0.2) is 9.40 Å². The molecular formula is C21H16FN3O. The topological polar surface area (TPSA) is 37.7 Å². The summed E-state index contributed by atoms with van der Waals surface area (Å²) in [6.07, 6.45) is 3.98. The van der Waals surface area contributed by atoms with Crippen LogP contribution in [0.1, 0.15) is 35.4 Å². The number of hydrogen-bond donors (Lipinski definition) is 0. The van der Waals surface area contributed by atoms with E-state index in [0.717, 1.165) is 34.6 Å². The Morgan fingerprint density at radius 1 is 1.00 bits per heavy atom. The first-order valence-corrected chi connectivity index (χ1v) is 8.57. The summed E-state index contributed by atoms with van der Waals surface area (Å²) in [4.78, 5) is 4.21. The van der Waals surface area contributed by atoms with Gasteiger partial charge in [0.25, 0.3) is 0 Å². The highest BCUT2D eigenvalue weighted by Gasteiger charge is 2.40. The maximum atomic E-state index is 13.4. The van der Waals surface area contributed by atoms with Crippen molar-refractivity contribution in [1.82, 2.24) is 9.99 Å². The second kappa shape index (κ2) is 5.95. The Kier molecular flexibility index (Phi) is 3.45. The van der Waals surface area contributed by atoms with Gasteiger partial charge in [-0.3, -0.25) is 4.98 Å². The van der Waals surface area contributed by atoms with Gasteiger partial charge in [0.2, 0.25) is 6.23 Å². The number of hydrogen-bond acceptors (Lipinski definition) is 4. The second-order valence-corrected chi connectivity index (χ2v) is 6.45. The Morgan fingerprint density at radius 2 is 1.85 bits per heavy atom.